The topological polar surface area (TPSA) is 53.7 Å². The number of hydrogen-bond donors (Lipinski definition) is 1. The van der Waals surface area contributed by atoms with Crippen molar-refractivity contribution in [2.75, 3.05) is 0 Å². The van der Waals surface area contributed by atoms with E-state index < -0.39 is 24.3 Å². The maximum absolute atomic E-state index is 6.48. The first-order chi connectivity index (χ1) is 11.8. The van der Waals surface area contributed by atoms with Crippen LogP contribution in [0.15, 0.2) is 54.6 Å². The third kappa shape index (κ3) is 3.74. The number of hydrogen-bond acceptors (Lipinski definition) is 4. The molecule has 25 heavy (non-hydrogen) atoms. The summed E-state index contributed by atoms with van der Waals surface area (Å²) in [6.07, 6.45) is 0. The van der Waals surface area contributed by atoms with Crippen LogP contribution in [0.1, 0.15) is 44.8 Å². The van der Waals surface area contributed by atoms with Crippen LogP contribution in [0.25, 0.3) is 0 Å². The average molecular weight is 339 g/mol. The molecule has 1 fully saturated rings. The first-order valence-electron chi connectivity index (χ1n) is 8.67. The van der Waals surface area contributed by atoms with E-state index >= 15 is 0 Å². The smallest absolute Gasteiger partial charge is 0.480 e. The lowest BCUT2D eigenvalue weighted by Gasteiger charge is -2.32. The van der Waals surface area contributed by atoms with Crippen molar-refractivity contribution in [1.29, 1.82) is 0 Å². The first kappa shape index (κ1) is 18.0. The van der Waals surface area contributed by atoms with Crippen molar-refractivity contribution < 1.29 is 14.0 Å². The van der Waals surface area contributed by atoms with Crippen molar-refractivity contribution in [3.8, 4) is 5.75 Å². The molecule has 1 heterocycles. The molecule has 1 aliphatic rings. The maximum Gasteiger partial charge on any atom is 0.480 e. The Morgan fingerprint density at radius 3 is 2.12 bits per heavy atom. The Morgan fingerprint density at radius 2 is 1.48 bits per heavy atom. The van der Waals surface area contributed by atoms with E-state index in [4.69, 9.17) is 19.8 Å². The molecular weight excluding hydrogens is 313 g/mol. The van der Waals surface area contributed by atoms with Crippen molar-refractivity contribution >= 4 is 7.12 Å². The summed E-state index contributed by atoms with van der Waals surface area (Å²) in [6, 6.07) is 17.9. The van der Waals surface area contributed by atoms with Crippen LogP contribution in [0.4, 0.5) is 0 Å². The van der Waals surface area contributed by atoms with Gasteiger partial charge in [-0.2, -0.15) is 0 Å². The monoisotopic (exact) mass is 339 g/mol. The first-order valence-corrected chi connectivity index (χ1v) is 8.67. The maximum atomic E-state index is 6.48. The fraction of sp³-hybridized carbons (Fsp3) is 0.400. The van der Waals surface area contributed by atoms with Gasteiger partial charge in [0.25, 0.3) is 0 Å². The van der Waals surface area contributed by atoms with E-state index in [0.717, 1.165) is 16.9 Å². The zero-order valence-corrected chi connectivity index (χ0v) is 15.4. The van der Waals surface area contributed by atoms with Crippen LogP contribution >= 0.6 is 0 Å². The molecule has 1 saturated heterocycles. The van der Waals surface area contributed by atoms with Gasteiger partial charge in [-0.25, -0.2) is 0 Å². The summed E-state index contributed by atoms with van der Waals surface area (Å²) in [5, 5.41) is 0. The van der Waals surface area contributed by atoms with E-state index in [1.54, 1.807) is 0 Å². The average Bonchev–Trinajstić information content (AvgIpc) is 2.81. The van der Waals surface area contributed by atoms with E-state index in [0.29, 0.717) is 6.61 Å². The predicted octanol–water partition coefficient (Wildman–Crippen LogP) is 3.90. The summed E-state index contributed by atoms with van der Waals surface area (Å²) >= 11 is 0. The molecule has 0 unspecified atom stereocenters. The van der Waals surface area contributed by atoms with E-state index in [9.17, 15) is 0 Å². The van der Waals surface area contributed by atoms with Gasteiger partial charge in [0.15, 0.2) is 0 Å². The molecule has 3 rings (SSSR count). The summed E-state index contributed by atoms with van der Waals surface area (Å²) < 4.78 is 18.2. The van der Waals surface area contributed by atoms with Crippen molar-refractivity contribution in [2.45, 2.75) is 51.4 Å². The molecule has 0 spiro atoms. The summed E-state index contributed by atoms with van der Waals surface area (Å²) in [5.74, 6) is 0.335. The second-order valence-electron chi connectivity index (χ2n) is 7.46. The number of rotatable bonds is 5. The normalized spacial score (nSPS) is 19.6. The molecule has 2 aromatic carbocycles. The van der Waals surface area contributed by atoms with Gasteiger partial charge in [0.05, 0.1) is 17.1 Å². The molecule has 1 aliphatic heterocycles. The summed E-state index contributed by atoms with van der Waals surface area (Å²) in [4.78, 5) is 0. The zero-order valence-electron chi connectivity index (χ0n) is 15.4. The van der Waals surface area contributed by atoms with Gasteiger partial charge in [0.1, 0.15) is 12.4 Å². The molecule has 0 saturated carbocycles. The van der Waals surface area contributed by atoms with Crippen LogP contribution in [0.3, 0.4) is 0 Å². The fourth-order valence-electron chi connectivity index (χ4n) is 2.80. The number of ether oxygens (including phenoxy) is 1. The minimum absolute atomic E-state index is 0.408. The van der Waals surface area contributed by atoms with Crippen molar-refractivity contribution in [3.05, 3.63) is 65.7 Å². The quantitative estimate of drug-likeness (QED) is 0.840. The highest BCUT2D eigenvalue weighted by molar-refractivity contribution is 6.47. The minimum Gasteiger partial charge on any atom is -0.489 e. The summed E-state index contributed by atoms with van der Waals surface area (Å²) in [7, 11) is -0.508. The fourth-order valence-corrected chi connectivity index (χ4v) is 2.80. The van der Waals surface area contributed by atoms with Gasteiger partial charge in [-0.15, -0.1) is 0 Å². The van der Waals surface area contributed by atoms with Gasteiger partial charge in [-0.3, -0.25) is 0 Å². The summed E-state index contributed by atoms with van der Waals surface area (Å²) in [5.41, 5.74) is 7.67. The largest absolute Gasteiger partial charge is 0.489 e. The third-order valence-electron chi connectivity index (χ3n) is 5.08. The lowest BCUT2D eigenvalue weighted by atomic mass is 9.74. The molecule has 0 aromatic heterocycles. The zero-order chi connectivity index (χ0) is 18.1. The molecule has 0 amide bonds. The molecule has 132 valence electrons. The van der Waals surface area contributed by atoms with E-state index in [2.05, 4.69) is 0 Å². The minimum atomic E-state index is -0.508. The Labute approximate surface area is 150 Å². The molecule has 1 atom stereocenters. The standard InChI is InChI=1S/C20H26BNO3/c1-19(2)20(3,4)25-21(24-19)18(22)16-12-8-9-13-17(16)23-14-15-10-6-5-7-11-15/h5-13,18H,14,22H2,1-4H3/t18-/m1/s1. The predicted molar refractivity (Wildman–Crippen MR) is 100 cm³/mol. The molecule has 2 N–H and O–H groups in total. The Hall–Kier alpha value is -1.82. The molecule has 4 nitrogen and oxygen atoms in total. The van der Waals surface area contributed by atoms with Crippen molar-refractivity contribution in [1.82, 2.24) is 0 Å². The Balaban J connectivity index is 1.76. The van der Waals surface area contributed by atoms with Gasteiger partial charge >= 0.3 is 7.12 Å². The molecular formula is C20H26BNO3. The molecule has 5 heteroatoms. The van der Waals surface area contributed by atoms with Gasteiger partial charge in [-0.1, -0.05) is 48.5 Å². The lowest BCUT2D eigenvalue weighted by Crippen LogP contribution is -2.41. The molecule has 0 aliphatic carbocycles. The Morgan fingerprint density at radius 1 is 0.920 bits per heavy atom. The number of para-hydroxylation sites is 1. The summed E-state index contributed by atoms with van der Waals surface area (Å²) in [6.45, 7) is 8.60. The second kappa shape index (κ2) is 6.83. The SMILES string of the molecule is CC1(C)OB([C@H](N)c2ccccc2OCc2ccccc2)OC1(C)C. The number of nitrogens with two attached hydrogens (primary N) is 1. The highest BCUT2D eigenvalue weighted by Gasteiger charge is 2.53. The molecule has 0 bridgehead atoms. The van der Waals surface area contributed by atoms with Crippen molar-refractivity contribution in [3.63, 3.8) is 0 Å². The highest BCUT2D eigenvalue weighted by Crippen LogP contribution is 2.40. The van der Waals surface area contributed by atoms with Crippen LogP contribution in [-0.4, -0.2) is 18.3 Å². The van der Waals surface area contributed by atoms with Crippen LogP contribution in [-0.2, 0) is 15.9 Å². The van der Waals surface area contributed by atoms with Crippen LogP contribution < -0.4 is 10.5 Å². The molecule has 2 aromatic rings. The van der Waals surface area contributed by atoms with Crippen LogP contribution in [0.5, 0.6) is 5.75 Å². The van der Waals surface area contributed by atoms with E-state index in [1.807, 2.05) is 82.3 Å². The Kier molecular flexibility index (Phi) is 4.91. The van der Waals surface area contributed by atoms with Gasteiger partial charge < -0.3 is 19.8 Å². The van der Waals surface area contributed by atoms with E-state index in [1.165, 1.54) is 0 Å². The molecule has 0 radical (unpaired) electrons. The second-order valence-corrected chi connectivity index (χ2v) is 7.46. The third-order valence-corrected chi connectivity index (χ3v) is 5.08. The van der Waals surface area contributed by atoms with Crippen LogP contribution in [0, 0.1) is 0 Å². The number of benzene rings is 2. The lowest BCUT2D eigenvalue weighted by molar-refractivity contribution is 0.00578. The van der Waals surface area contributed by atoms with Gasteiger partial charge in [0.2, 0.25) is 0 Å². The van der Waals surface area contributed by atoms with E-state index in [-0.39, 0.29) is 0 Å². The van der Waals surface area contributed by atoms with Gasteiger partial charge in [0, 0.05) is 5.56 Å². The van der Waals surface area contributed by atoms with Gasteiger partial charge in [-0.05, 0) is 39.3 Å². The van der Waals surface area contributed by atoms with Crippen molar-refractivity contribution in [2.24, 2.45) is 5.73 Å². The van der Waals surface area contributed by atoms with Crippen LogP contribution in [0.2, 0.25) is 0 Å². The highest BCUT2D eigenvalue weighted by atomic mass is 16.7. The Bertz CT molecular complexity index is 702.